The number of ether oxygens (including phenoxy) is 1. The summed E-state index contributed by atoms with van der Waals surface area (Å²) in [6.07, 6.45) is 1.43. The lowest BCUT2D eigenvalue weighted by Crippen LogP contribution is -2.34. The Morgan fingerprint density at radius 1 is 1.43 bits per heavy atom. The fourth-order valence-electron chi connectivity index (χ4n) is 1.29. The number of aromatic nitrogens is 1. The first kappa shape index (κ1) is 11.0. The van der Waals surface area contributed by atoms with Crippen molar-refractivity contribution in [3.8, 4) is 5.88 Å². The lowest BCUT2D eigenvalue weighted by molar-refractivity contribution is 0.396. The Morgan fingerprint density at radius 2 is 2.07 bits per heavy atom. The molecule has 0 aliphatic heterocycles. The van der Waals surface area contributed by atoms with Gasteiger partial charge in [0.15, 0.2) is 0 Å². The van der Waals surface area contributed by atoms with Gasteiger partial charge in [0.05, 0.1) is 7.11 Å². The van der Waals surface area contributed by atoms with Crippen LogP contribution >= 0.6 is 0 Å². The molecule has 0 fully saturated rings. The lowest BCUT2D eigenvalue weighted by Gasteiger charge is -2.12. The number of nitrogens with zero attached hydrogens (tertiary/aromatic N) is 1. The van der Waals surface area contributed by atoms with E-state index in [4.69, 9.17) is 14.8 Å². The number of methoxy groups -OCH3 is 1. The zero-order valence-corrected chi connectivity index (χ0v) is 8.56. The molecule has 0 aromatic carbocycles. The highest BCUT2D eigenvalue weighted by molar-refractivity contribution is 6.59. The van der Waals surface area contributed by atoms with Gasteiger partial charge in [0, 0.05) is 17.7 Å². The Labute approximate surface area is 83.7 Å². The molecule has 0 amide bonds. The smallest absolute Gasteiger partial charge is 0.481 e. The summed E-state index contributed by atoms with van der Waals surface area (Å²) in [4.78, 5) is 3.92. The van der Waals surface area contributed by atoms with Gasteiger partial charge < -0.3 is 14.8 Å². The van der Waals surface area contributed by atoms with E-state index in [9.17, 15) is 0 Å². The molecule has 4 nitrogen and oxygen atoms in total. The van der Waals surface area contributed by atoms with Gasteiger partial charge in [0.1, 0.15) is 0 Å². The topological polar surface area (TPSA) is 62.6 Å². The number of hydrogen-bond acceptors (Lipinski definition) is 4. The molecule has 0 bridgehead atoms. The molecule has 0 unspecified atom stereocenters. The normalized spacial score (nSPS) is 10.4. The molecule has 0 aliphatic carbocycles. The van der Waals surface area contributed by atoms with Gasteiger partial charge in [-0.05, 0) is 11.5 Å². The molecular formula is C9H14BNO3. The van der Waals surface area contributed by atoms with Crippen LogP contribution in [0.15, 0.2) is 12.3 Å². The van der Waals surface area contributed by atoms with Crippen LogP contribution in [0.2, 0.25) is 0 Å². The van der Waals surface area contributed by atoms with Crippen LogP contribution in [0.5, 0.6) is 5.88 Å². The zero-order valence-electron chi connectivity index (χ0n) is 8.56. The van der Waals surface area contributed by atoms with Gasteiger partial charge in [0.2, 0.25) is 5.88 Å². The standard InChI is InChI=1S/C9H14BNO3/c1-6(2)7-4-9(14-3)11-5-8(7)10(12)13/h4-6,12-13H,1-3H3. The maximum atomic E-state index is 9.09. The number of hydrogen-bond donors (Lipinski definition) is 2. The van der Waals surface area contributed by atoms with Crippen molar-refractivity contribution in [3.05, 3.63) is 17.8 Å². The largest absolute Gasteiger partial charge is 0.490 e. The van der Waals surface area contributed by atoms with E-state index in [2.05, 4.69) is 4.98 Å². The van der Waals surface area contributed by atoms with E-state index < -0.39 is 7.12 Å². The third-order valence-corrected chi connectivity index (χ3v) is 2.05. The Morgan fingerprint density at radius 3 is 2.50 bits per heavy atom. The second kappa shape index (κ2) is 4.44. The van der Waals surface area contributed by atoms with Crippen LogP contribution in [0.4, 0.5) is 0 Å². The molecule has 0 spiro atoms. The third-order valence-electron chi connectivity index (χ3n) is 2.05. The number of rotatable bonds is 3. The molecule has 1 aromatic rings. The van der Waals surface area contributed by atoms with Gasteiger partial charge in [-0.15, -0.1) is 0 Å². The minimum Gasteiger partial charge on any atom is -0.481 e. The first-order valence-electron chi connectivity index (χ1n) is 4.46. The van der Waals surface area contributed by atoms with E-state index in [-0.39, 0.29) is 5.92 Å². The minimum absolute atomic E-state index is 0.198. The molecule has 1 heterocycles. The van der Waals surface area contributed by atoms with Crippen molar-refractivity contribution in [2.45, 2.75) is 19.8 Å². The van der Waals surface area contributed by atoms with E-state index in [1.807, 2.05) is 13.8 Å². The average Bonchev–Trinajstić information content (AvgIpc) is 2.16. The van der Waals surface area contributed by atoms with Crippen LogP contribution < -0.4 is 10.2 Å². The van der Waals surface area contributed by atoms with Crippen LogP contribution in [0.3, 0.4) is 0 Å². The second-order valence-electron chi connectivity index (χ2n) is 3.38. The molecule has 1 aromatic heterocycles. The molecule has 0 atom stereocenters. The maximum absolute atomic E-state index is 9.09. The van der Waals surface area contributed by atoms with Gasteiger partial charge in [-0.3, -0.25) is 0 Å². The molecular weight excluding hydrogens is 181 g/mol. The summed E-state index contributed by atoms with van der Waals surface area (Å²) >= 11 is 0. The van der Waals surface area contributed by atoms with E-state index in [1.165, 1.54) is 13.3 Å². The van der Waals surface area contributed by atoms with Crippen molar-refractivity contribution in [3.63, 3.8) is 0 Å². The predicted molar refractivity (Wildman–Crippen MR) is 54.7 cm³/mol. The zero-order chi connectivity index (χ0) is 10.7. The SMILES string of the molecule is COc1cc(C(C)C)c(B(O)O)cn1. The van der Waals surface area contributed by atoms with Crippen molar-refractivity contribution in [1.29, 1.82) is 0 Å². The maximum Gasteiger partial charge on any atom is 0.490 e. The summed E-state index contributed by atoms with van der Waals surface area (Å²) < 4.78 is 4.97. The fraction of sp³-hybridized carbons (Fsp3) is 0.444. The lowest BCUT2D eigenvalue weighted by atomic mass is 9.76. The predicted octanol–water partition coefficient (Wildman–Crippen LogP) is -0.107. The van der Waals surface area contributed by atoms with Crippen LogP contribution in [0.25, 0.3) is 0 Å². The summed E-state index contributed by atoms with van der Waals surface area (Å²) in [6.45, 7) is 3.95. The van der Waals surface area contributed by atoms with Crippen LogP contribution in [0.1, 0.15) is 25.3 Å². The second-order valence-corrected chi connectivity index (χ2v) is 3.38. The van der Waals surface area contributed by atoms with Gasteiger partial charge in [0.25, 0.3) is 0 Å². The highest BCUT2D eigenvalue weighted by Gasteiger charge is 2.18. The molecule has 76 valence electrons. The summed E-state index contributed by atoms with van der Waals surface area (Å²) in [6, 6.07) is 1.72. The summed E-state index contributed by atoms with van der Waals surface area (Å²) in [5, 5.41) is 18.2. The fourth-order valence-corrected chi connectivity index (χ4v) is 1.29. The minimum atomic E-state index is -1.48. The highest BCUT2D eigenvalue weighted by Crippen LogP contribution is 2.16. The summed E-state index contributed by atoms with van der Waals surface area (Å²) in [5.74, 6) is 0.682. The Balaban J connectivity index is 3.17. The van der Waals surface area contributed by atoms with Gasteiger partial charge >= 0.3 is 7.12 Å². The van der Waals surface area contributed by atoms with E-state index in [0.717, 1.165) is 5.56 Å². The van der Waals surface area contributed by atoms with E-state index in [1.54, 1.807) is 6.07 Å². The Hall–Kier alpha value is -1.07. The molecule has 1 rings (SSSR count). The molecule has 14 heavy (non-hydrogen) atoms. The average molecular weight is 195 g/mol. The van der Waals surface area contributed by atoms with Gasteiger partial charge in [-0.2, -0.15) is 0 Å². The first-order valence-corrected chi connectivity index (χ1v) is 4.46. The Kier molecular flexibility index (Phi) is 3.49. The Bertz CT molecular complexity index is 315. The molecule has 0 saturated heterocycles. The van der Waals surface area contributed by atoms with Gasteiger partial charge in [-0.25, -0.2) is 4.98 Å². The molecule has 0 aliphatic rings. The van der Waals surface area contributed by atoms with Crippen molar-refractivity contribution in [1.82, 2.24) is 4.98 Å². The first-order chi connectivity index (χ1) is 6.56. The van der Waals surface area contributed by atoms with Crippen LogP contribution in [0, 0.1) is 0 Å². The van der Waals surface area contributed by atoms with Crippen molar-refractivity contribution >= 4 is 12.6 Å². The van der Waals surface area contributed by atoms with Crippen LogP contribution in [-0.2, 0) is 0 Å². The molecule has 0 saturated carbocycles. The molecule has 2 N–H and O–H groups in total. The van der Waals surface area contributed by atoms with E-state index in [0.29, 0.717) is 11.3 Å². The van der Waals surface area contributed by atoms with E-state index >= 15 is 0 Å². The van der Waals surface area contributed by atoms with Crippen molar-refractivity contribution < 1.29 is 14.8 Å². The quantitative estimate of drug-likeness (QED) is 0.660. The highest BCUT2D eigenvalue weighted by atomic mass is 16.5. The van der Waals surface area contributed by atoms with Crippen molar-refractivity contribution in [2.24, 2.45) is 0 Å². The summed E-state index contributed by atoms with van der Waals surface area (Å²) in [7, 11) is 0.0485. The molecule has 0 radical (unpaired) electrons. The van der Waals surface area contributed by atoms with Crippen LogP contribution in [-0.4, -0.2) is 29.3 Å². The van der Waals surface area contributed by atoms with Crippen molar-refractivity contribution in [2.75, 3.05) is 7.11 Å². The monoisotopic (exact) mass is 195 g/mol. The third kappa shape index (κ3) is 2.24. The number of pyridine rings is 1. The van der Waals surface area contributed by atoms with Gasteiger partial charge in [-0.1, -0.05) is 13.8 Å². The summed E-state index contributed by atoms with van der Waals surface area (Å²) in [5.41, 5.74) is 1.27. The molecule has 5 heteroatoms.